The highest BCUT2D eigenvalue weighted by atomic mass is 19.1. The van der Waals surface area contributed by atoms with Crippen molar-refractivity contribution in [3.05, 3.63) is 30.1 Å². The lowest BCUT2D eigenvalue weighted by Crippen LogP contribution is -2.51. The maximum absolute atomic E-state index is 13.0. The van der Waals surface area contributed by atoms with E-state index >= 15 is 0 Å². The molecular weight excluding hydrogens is 293 g/mol. The van der Waals surface area contributed by atoms with Crippen LogP contribution in [-0.2, 0) is 0 Å². The number of guanidine groups is 1. The summed E-state index contributed by atoms with van der Waals surface area (Å²) >= 11 is 0. The van der Waals surface area contributed by atoms with Gasteiger partial charge in [0.1, 0.15) is 5.82 Å². The number of rotatable bonds is 6. The highest BCUT2D eigenvalue weighted by molar-refractivity contribution is 5.78. The predicted molar refractivity (Wildman–Crippen MR) is 94.5 cm³/mol. The Morgan fingerprint density at radius 3 is 2.30 bits per heavy atom. The smallest absolute Gasteiger partial charge is 0.191 e. The topological polar surface area (TPSA) is 48.1 Å². The number of hydrogen-bond acceptors (Lipinski definition) is 3. The van der Waals surface area contributed by atoms with Crippen molar-refractivity contribution in [1.29, 1.82) is 0 Å². The Balaban J connectivity index is 1.80. The monoisotopic (exact) mass is 321 g/mol. The molecule has 0 amide bonds. The van der Waals surface area contributed by atoms with Crippen molar-refractivity contribution in [3.8, 4) is 0 Å². The second-order valence-corrected chi connectivity index (χ2v) is 5.72. The summed E-state index contributed by atoms with van der Waals surface area (Å²) in [5.41, 5.74) is 7.17. The van der Waals surface area contributed by atoms with Crippen LogP contribution in [0, 0.1) is 5.82 Å². The third-order valence-corrected chi connectivity index (χ3v) is 4.38. The van der Waals surface area contributed by atoms with Crippen molar-refractivity contribution in [3.63, 3.8) is 0 Å². The van der Waals surface area contributed by atoms with Crippen molar-refractivity contribution in [1.82, 2.24) is 9.80 Å². The number of nitrogens with two attached hydrogens (primary N) is 1. The van der Waals surface area contributed by atoms with Crippen LogP contribution in [0.15, 0.2) is 29.3 Å². The van der Waals surface area contributed by atoms with E-state index in [2.05, 4.69) is 33.5 Å². The molecule has 2 N–H and O–H groups in total. The molecule has 128 valence electrons. The standard InChI is InChI=1S/C17H28FN5/c1-3-21(4-2)10-9-20-17(19)23-13-11-22(12-14-23)16-7-5-15(18)6-8-16/h5-8H,3-4,9-14H2,1-2H3,(H2,19,20). The zero-order chi connectivity index (χ0) is 16.7. The molecule has 0 aromatic heterocycles. The first-order valence-corrected chi connectivity index (χ1v) is 8.41. The molecule has 1 aromatic carbocycles. The van der Waals surface area contributed by atoms with E-state index in [-0.39, 0.29) is 5.82 Å². The Labute approximate surface area is 138 Å². The molecule has 0 bridgehead atoms. The van der Waals surface area contributed by atoms with Gasteiger partial charge >= 0.3 is 0 Å². The summed E-state index contributed by atoms with van der Waals surface area (Å²) in [7, 11) is 0. The maximum Gasteiger partial charge on any atom is 0.191 e. The van der Waals surface area contributed by atoms with Gasteiger partial charge in [-0.3, -0.25) is 4.99 Å². The highest BCUT2D eigenvalue weighted by Crippen LogP contribution is 2.16. The second kappa shape index (κ2) is 8.72. The molecule has 0 radical (unpaired) electrons. The molecule has 0 saturated carbocycles. The van der Waals surface area contributed by atoms with Crippen LogP contribution in [0.1, 0.15) is 13.8 Å². The number of nitrogens with zero attached hydrogens (tertiary/aromatic N) is 4. The Bertz CT molecular complexity index is 490. The van der Waals surface area contributed by atoms with Gasteiger partial charge in [-0.2, -0.15) is 0 Å². The van der Waals surface area contributed by atoms with Gasteiger partial charge in [0, 0.05) is 38.4 Å². The number of likely N-dealkylation sites (N-methyl/N-ethyl adjacent to an activating group) is 1. The summed E-state index contributed by atoms with van der Waals surface area (Å²) in [5.74, 6) is 0.438. The van der Waals surface area contributed by atoms with E-state index in [0.717, 1.165) is 58.0 Å². The number of anilines is 1. The molecule has 0 aliphatic carbocycles. The van der Waals surface area contributed by atoms with E-state index in [1.54, 1.807) is 0 Å². The van der Waals surface area contributed by atoms with Crippen molar-refractivity contribution < 1.29 is 4.39 Å². The van der Waals surface area contributed by atoms with Crippen molar-refractivity contribution in [2.75, 3.05) is 57.3 Å². The summed E-state index contributed by atoms with van der Waals surface area (Å²) in [6.45, 7) is 11.5. The van der Waals surface area contributed by atoms with Crippen molar-refractivity contribution in [2.24, 2.45) is 10.7 Å². The van der Waals surface area contributed by atoms with E-state index < -0.39 is 0 Å². The summed E-state index contributed by atoms with van der Waals surface area (Å²) in [6, 6.07) is 6.66. The van der Waals surface area contributed by atoms with Crippen LogP contribution >= 0.6 is 0 Å². The van der Waals surface area contributed by atoms with Gasteiger partial charge in [0.05, 0.1) is 6.54 Å². The Morgan fingerprint density at radius 1 is 1.13 bits per heavy atom. The van der Waals surface area contributed by atoms with Gasteiger partial charge in [0.25, 0.3) is 0 Å². The molecular formula is C17H28FN5. The molecule has 1 heterocycles. The van der Waals surface area contributed by atoms with E-state index in [1.165, 1.54) is 12.1 Å². The number of hydrogen-bond donors (Lipinski definition) is 1. The zero-order valence-electron chi connectivity index (χ0n) is 14.2. The van der Waals surface area contributed by atoms with Crippen LogP contribution in [0.3, 0.4) is 0 Å². The SMILES string of the molecule is CCN(CC)CCN=C(N)N1CCN(c2ccc(F)cc2)CC1. The summed E-state index contributed by atoms with van der Waals surface area (Å²) in [4.78, 5) is 11.2. The Morgan fingerprint density at radius 2 is 1.74 bits per heavy atom. The first kappa shape index (κ1) is 17.5. The van der Waals surface area contributed by atoms with Crippen LogP contribution in [-0.4, -0.2) is 68.1 Å². The summed E-state index contributed by atoms with van der Waals surface area (Å²) in [6.07, 6.45) is 0. The number of halogens is 1. The number of piperazine rings is 1. The summed E-state index contributed by atoms with van der Waals surface area (Å²) < 4.78 is 13.0. The minimum Gasteiger partial charge on any atom is -0.370 e. The minimum atomic E-state index is -0.197. The summed E-state index contributed by atoms with van der Waals surface area (Å²) in [5, 5.41) is 0. The molecule has 0 atom stereocenters. The van der Waals surface area contributed by atoms with Gasteiger partial charge in [0.15, 0.2) is 5.96 Å². The number of aliphatic imine (C=N–C) groups is 1. The largest absolute Gasteiger partial charge is 0.370 e. The van der Waals surface area contributed by atoms with Crippen LogP contribution in [0.25, 0.3) is 0 Å². The average molecular weight is 321 g/mol. The normalized spacial score (nSPS) is 16.3. The van der Waals surface area contributed by atoms with Gasteiger partial charge in [-0.25, -0.2) is 4.39 Å². The molecule has 0 spiro atoms. The molecule has 1 fully saturated rings. The fraction of sp³-hybridized carbons (Fsp3) is 0.588. The van der Waals surface area contributed by atoms with E-state index in [4.69, 9.17) is 5.73 Å². The first-order valence-electron chi connectivity index (χ1n) is 8.41. The van der Waals surface area contributed by atoms with Crippen LogP contribution in [0.4, 0.5) is 10.1 Å². The maximum atomic E-state index is 13.0. The van der Waals surface area contributed by atoms with E-state index in [0.29, 0.717) is 5.96 Å². The molecule has 2 rings (SSSR count). The Hall–Kier alpha value is -1.82. The van der Waals surface area contributed by atoms with Gasteiger partial charge in [0.2, 0.25) is 0 Å². The third-order valence-electron chi connectivity index (χ3n) is 4.38. The van der Waals surface area contributed by atoms with Gasteiger partial charge < -0.3 is 20.4 Å². The quantitative estimate of drug-likeness (QED) is 0.639. The van der Waals surface area contributed by atoms with E-state index in [1.807, 2.05) is 12.1 Å². The van der Waals surface area contributed by atoms with Crippen LogP contribution < -0.4 is 10.6 Å². The zero-order valence-corrected chi connectivity index (χ0v) is 14.2. The third kappa shape index (κ3) is 5.10. The predicted octanol–water partition coefficient (Wildman–Crippen LogP) is 1.60. The second-order valence-electron chi connectivity index (χ2n) is 5.72. The molecule has 1 aliphatic heterocycles. The lowest BCUT2D eigenvalue weighted by atomic mass is 10.2. The van der Waals surface area contributed by atoms with E-state index in [9.17, 15) is 4.39 Å². The molecule has 0 unspecified atom stereocenters. The lowest BCUT2D eigenvalue weighted by Gasteiger charge is -2.36. The molecule has 1 aromatic rings. The molecule has 1 saturated heterocycles. The average Bonchev–Trinajstić information content (AvgIpc) is 2.59. The highest BCUT2D eigenvalue weighted by Gasteiger charge is 2.18. The van der Waals surface area contributed by atoms with Crippen LogP contribution in [0.5, 0.6) is 0 Å². The molecule has 23 heavy (non-hydrogen) atoms. The van der Waals surface area contributed by atoms with Crippen molar-refractivity contribution >= 4 is 11.6 Å². The van der Waals surface area contributed by atoms with Crippen molar-refractivity contribution in [2.45, 2.75) is 13.8 Å². The van der Waals surface area contributed by atoms with Gasteiger partial charge in [-0.1, -0.05) is 13.8 Å². The lowest BCUT2D eigenvalue weighted by molar-refractivity contribution is 0.311. The molecule has 5 nitrogen and oxygen atoms in total. The number of benzene rings is 1. The molecule has 6 heteroatoms. The Kier molecular flexibility index (Phi) is 6.65. The fourth-order valence-corrected chi connectivity index (χ4v) is 2.79. The first-order chi connectivity index (χ1) is 11.1. The fourth-order valence-electron chi connectivity index (χ4n) is 2.79. The molecule has 1 aliphatic rings. The minimum absolute atomic E-state index is 0.197. The van der Waals surface area contributed by atoms with Gasteiger partial charge in [-0.15, -0.1) is 0 Å². The van der Waals surface area contributed by atoms with Crippen LogP contribution in [0.2, 0.25) is 0 Å². The van der Waals surface area contributed by atoms with Gasteiger partial charge in [-0.05, 0) is 37.4 Å².